The number of pyridine rings is 1. The summed E-state index contributed by atoms with van der Waals surface area (Å²) in [4.78, 5) is 20.4. The van der Waals surface area contributed by atoms with Crippen LogP contribution in [-0.2, 0) is 6.18 Å². The predicted octanol–water partition coefficient (Wildman–Crippen LogP) is 4.40. The minimum Gasteiger partial charge on any atom is -0.399 e. The Hall–Kier alpha value is -3.34. The van der Waals surface area contributed by atoms with Gasteiger partial charge in [0.15, 0.2) is 0 Å². The number of hydrogen-bond acceptors (Lipinski definition) is 8. The molecule has 0 spiro atoms. The molecule has 1 atom stereocenters. The van der Waals surface area contributed by atoms with Gasteiger partial charge in [-0.3, -0.25) is 4.90 Å². The van der Waals surface area contributed by atoms with Crippen LogP contribution in [-0.4, -0.2) is 66.2 Å². The quantitative estimate of drug-likeness (QED) is 0.480. The number of halogens is 3. The van der Waals surface area contributed by atoms with Crippen LogP contribution in [0.4, 0.5) is 36.4 Å². The molecule has 1 saturated heterocycles. The van der Waals surface area contributed by atoms with Gasteiger partial charge in [0.05, 0.1) is 23.3 Å². The molecule has 1 fully saturated rings. The van der Waals surface area contributed by atoms with E-state index in [4.69, 9.17) is 5.73 Å². The highest BCUT2D eigenvalue weighted by Gasteiger charge is 2.31. The van der Waals surface area contributed by atoms with Gasteiger partial charge in [0.2, 0.25) is 5.95 Å². The van der Waals surface area contributed by atoms with E-state index in [1.807, 2.05) is 20.2 Å². The molecule has 4 rings (SSSR count). The number of fused-ring (bicyclic) bond motifs is 1. The lowest BCUT2D eigenvalue weighted by Gasteiger charge is -2.37. The van der Waals surface area contributed by atoms with Gasteiger partial charge >= 0.3 is 6.18 Å². The minimum absolute atomic E-state index is 0.0574. The molecule has 0 saturated carbocycles. The topological polar surface area (TPSA) is 86.4 Å². The molecule has 194 valence electrons. The molecule has 1 aliphatic rings. The normalized spacial score (nSPS) is 16.0. The van der Waals surface area contributed by atoms with Crippen molar-refractivity contribution in [3.05, 3.63) is 41.6 Å². The average molecular weight is 503 g/mol. The van der Waals surface area contributed by atoms with E-state index >= 15 is 0 Å². The molecule has 8 nitrogen and oxygen atoms in total. The zero-order valence-corrected chi connectivity index (χ0v) is 21.3. The van der Waals surface area contributed by atoms with Crippen molar-refractivity contribution in [2.24, 2.45) is 0 Å². The summed E-state index contributed by atoms with van der Waals surface area (Å²) < 4.78 is 40.1. The van der Waals surface area contributed by atoms with Gasteiger partial charge < -0.3 is 20.9 Å². The molecule has 3 heterocycles. The molecule has 11 heteroatoms. The van der Waals surface area contributed by atoms with Gasteiger partial charge in [0.25, 0.3) is 0 Å². The van der Waals surface area contributed by atoms with E-state index in [0.29, 0.717) is 28.9 Å². The first kappa shape index (κ1) is 25.7. The first-order valence-electron chi connectivity index (χ1n) is 12.0. The van der Waals surface area contributed by atoms with Crippen LogP contribution in [0.3, 0.4) is 0 Å². The smallest absolute Gasteiger partial charge is 0.399 e. The monoisotopic (exact) mass is 502 g/mol. The SMILES string of the molecule is CC(Nc1nc(N(C)C)nc2cnc(N3CCN(C(C)C)CC3)cc12)c1cc(N)cc(C(F)(F)F)c1. The van der Waals surface area contributed by atoms with Crippen LogP contribution in [0.25, 0.3) is 10.9 Å². The number of aromatic nitrogens is 3. The Morgan fingerprint density at radius 2 is 1.69 bits per heavy atom. The molecule has 36 heavy (non-hydrogen) atoms. The molecule has 0 amide bonds. The van der Waals surface area contributed by atoms with Crippen LogP contribution >= 0.6 is 0 Å². The van der Waals surface area contributed by atoms with E-state index < -0.39 is 17.8 Å². The third-order valence-corrected chi connectivity index (χ3v) is 6.48. The molecule has 1 unspecified atom stereocenters. The van der Waals surface area contributed by atoms with Crippen LogP contribution in [0.1, 0.15) is 37.9 Å². The molecule has 2 aromatic heterocycles. The molecular formula is C25H33F3N8. The summed E-state index contributed by atoms with van der Waals surface area (Å²) in [5, 5.41) is 4.05. The van der Waals surface area contributed by atoms with Crippen LogP contribution in [0.5, 0.6) is 0 Å². The van der Waals surface area contributed by atoms with E-state index in [2.05, 4.69) is 43.9 Å². The molecule has 0 bridgehead atoms. The van der Waals surface area contributed by atoms with Crippen molar-refractivity contribution in [2.45, 2.75) is 39.0 Å². The van der Waals surface area contributed by atoms with Crippen molar-refractivity contribution in [2.75, 3.05) is 61.1 Å². The minimum atomic E-state index is -4.48. The van der Waals surface area contributed by atoms with Gasteiger partial charge in [-0.15, -0.1) is 0 Å². The maximum Gasteiger partial charge on any atom is 0.416 e. The molecule has 3 N–H and O–H groups in total. The zero-order valence-electron chi connectivity index (χ0n) is 21.3. The van der Waals surface area contributed by atoms with E-state index in [-0.39, 0.29) is 5.69 Å². The fourth-order valence-electron chi connectivity index (χ4n) is 4.34. The van der Waals surface area contributed by atoms with Crippen molar-refractivity contribution in [3.63, 3.8) is 0 Å². The number of piperazine rings is 1. The number of nitrogens with one attached hydrogen (secondary N) is 1. The second-order valence-corrected chi connectivity index (χ2v) is 9.70. The van der Waals surface area contributed by atoms with Crippen molar-refractivity contribution >= 4 is 34.2 Å². The lowest BCUT2D eigenvalue weighted by molar-refractivity contribution is -0.137. The largest absolute Gasteiger partial charge is 0.416 e. The summed E-state index contributed by atoms with van der Waals surface area (Å²) >= 11 is 0. The Balaban J connectivity index is 1.69. The standard InChI is InChI=1S/C25H33F3N8/c1-15(2)35-6-8-36(9-7-35)22-13-20-21(14-30-22)32-24(34(4)5)33-23(20)31-16(3)17-10-18(25(26,27)28)12-19(29)11-17/h10-16H,6-9,29H2,1-5H3,(H,31,32,33). The number of alkyl halides is 3. The highest BCUT2D eigenvalue weighted by atomic mass is 19.4. The number of rotatable bonds is 6. The third-order valence-electron chi connectivity index (χ3n) is 6.48. The first-order valence-corrected chi connectivity index (χ1v) is 12.0. The zero-order chi connectivity index (χ0) is 26.2. The maximum atomic E-state index is 13.4. The second kappa shape index (κ2) is 9.96. The van der Waals surface area contributed by atoms with E-state index in [1.165, 1.54) is 0 Å². The Morgan fingerprint density at radius 3 is 2.31 bits per heavy atom. The molecule has 0 radical (unpaired) electrons. The van der Waals surface area contributed by atoms with Crippen molar-refractivity contribution in [1.82, 2.24) is 19.9 Å². The highest BCUT2D eigenvalue weighted by molar-refractivity contribution is 5.91. The Bertz CT molecular complexity index is 1220. The predicted molar refractivity (Wildman–Crippen MR) is 138 cm³/mol. The summed E-state index contributed by atoms with van der Waals surface area (Å²) in [5.74, 6) is 1.82. The summed E-state index contributed by atoms with van der Waals surface area (Å²) in [6.07, 6.45) is -2.75. The number of hydrogen-bond donors (Lipinski definition) is 2. The highest BCUT2D eigenvalue weighted by Crippen LogP contribution is 2.34. The van der Waals surface area contributed by atoms with Crippen molar-refractivity contribution < 1.29 is 13.2 Å². The number of benzene rings is 1. The first-order chi connectivity index (χ1) is 16.9. The number of nitrogen functional groups attached to an aromatic ring is 1. The van der Waals surface area contributed by atoms with Gasteiger partial charge in [-0.25, -0.2) is 9.97 Å². The lowest BCUT2D eigenvalue weighted by Crippen LogP contribution is -2.49. The Kier molecular flexibility index (Phi) is 7.12. The Labute approximate surface area is 209 Å². The van der Waals surface area contributed by atoms with E-state index in [1.54, 1.807) is 24.1 Å². The average Bonchev–Trinajstić information content (AvgIpc) is 2.82. The fraction of sp³-hybridized carbons (Fsp3) is 0.480. The van der Waals surface area contributed by atoms with Gasteiger partial charge in [-0.05, 0) is 50.6 Å². The molecule has 0 aliphatic carbocycles. The van der Waals surface area contributed by atoms with Crippen LogP contribution in [0.2, 0.25) is 0 Å². The molecular weight excluding hydrogens is 469 g/mol. The van der Waals surface area contributed by atoms with Crippen molar-refractivity contribution in [1.29, 1.82) is 0 Å². The van der Waals surface area contributed by atoms with Crippen LogP contribution < -0.4 is 20.9 Å². The number of nitrogens with two attached hydrogens (primary N) is 1. The fourth-order valence-corrected chi connectivity index (χ4v) is 4.34. The van der Waals surface area contributed by atoms with Crippen LogP contribution in [0, 0.1) is 0 Å². The number of anilines is 4. The second-order valence-electron chi connectivity index (χ2n) is 9.70. The molecule has 3 aromatic rings. The number of nitrogens with zero attached hydrogens (tertiary/aromatic N) is 6. The van der Waals surface area contributed by atoms with Crippen molar-refractivity contribution in [3.8, 4) is 0 Å². The van der Waals surface area contributed by atoms with Crippen LogP contribution in [0.15, 0.2) is 30.5 Å². The summed E-state index contributed by atoms with van der Waals surface area (Å²) in [7, 11) is 3.66. The van der Waals surface area contributed by atoms with E-state index in [9.17, 15) is 13.2 Å². The van der Waals surface area contributed by atoms with Gasteiger partial charge in [0, 0.05) is 57.4 Å². The summed E-state index contributed by atoms with van der Waals surface area (Å²) in [5.41, 5.74) is 6.14. The van der Waals surface area contributed by atoms with Gasteiger partial charge in [-0.1, -0.05) is 0 Å². The summed E-state index contributed by atoms with van der Waals surface area (Å²) in [6.45, 7) is 9.79. The lowest BCUT2D eigenvalue weighted by atomic mass is 10.0. The molecule has 1 aromatic carbocycles. The van der Waals surface area contributed by atoms with Gasteiger partial charge in [-0.2, -0.15) is 18.2 Å². The Morgan fingerprint density at radius 1 is 1.00 bits per heavy atom. The molecule has 1 aliphatic heterocycles. The van der Waals surface area contributed by atoms with E-state index in [0.717, 1.165) is 49.5 Å². The third kappa shape index (κ3) is 5.56. The maximum absolute atomic E-state index is 13.4. The van der Waals surface area contributed by atoms with Gasteiger partial charge in [0.1, 0.15) is 11.6 Å². The summed E-state index contributed by atoms with van der Waals surface area (Å²) in [6, 6.07) is 5.56.